The van der Waals surface area contributed by atoms with E-state index in [1.807, 2.05) is 13.0 Å². The molecule has 19 heavy (non-hydrogen) atoms. The maximum Gasteiger partial charge on any atom is 0.360 e. The van der Waals surface area contributed by atoms with Crippen LogP contribution in [0, 0.1) is 11.3 Å². The normalized spacial score (nSPS) is 9.95. The largest absolute Gasteiger partial charge is 0.464 e. The molecule has 0 bridgehead atoms. The second-order valence-corrected chi connectivity index (χ2v) is 3.82. The number of aromatic nitrogens is 1. The first-order valence-corrected chi connectivity index (χ1v) is 5.78. The monoisotopic (exact) mass is 256 g/mol. The highest BCUT2D eigenvalue weighted by atomic mass is 16.5. The molecule has 0 aliphatic heterocycles. The number of ether oxygens (including phenoxy) is 1. The van der Waals surface area contributed by atoms with Gasteiger partial charge in [-0.15, -0.1) is 0 Å². The van der Waals surface area contributed by atoms with Crippen LogP contribution in [-0.4, -0.2) is 18.1 Å². The molecule has 0 saturated heterocycles. The average molecular weight is 256 g/mol. The van der Waals surface area contributed by atoms with Crippen LogP contribution in [-0.2, 0) is 11.2 Å². The van der Waals surface area contributed by atoms with Gasteiger partial charge < -0.3 is 9.15 Å². The Morgan fingerprint density at radius 1 is 1.42 bits per heavy atom. The minimum absolute atomic E-state index is 0.157. The highest BCUT2D eigenvalue weighted by molar-refractivity contribution is 5.93. The quantitative estimate of drug-likeness (QED) is 0.789. The van der Waals surface area contributed by atoms with Crippen molar-refractivity contribution in [2.24, 2.45) is 0 Å². The lowest BCUT2D eigenvalue weighted by Crippen LogP contribution is -2.03. The predicted octanol–water partition coefficient (Wildman–Crippen LogP) is 2.56. The summed E-state index contributed by atoms with van der Waals surface area (Å²) in [6.07, 6.45) is 0.584. The second-order valence-electron chi connectivity index (χ2n) is 3.82. The Hall–Kier alpha value is -2.61. The van der Waals surface area contributed by atoms with E-state index in [-0.39, 0.29) is 5.69 Å². The molecule has 0 unspecified atom stereocenters. The maximum atomic E-state index is 11.7. The molecular weight excluding hydrogens is 244 g/mol. The van der Waals surface area contributed by atoms with Gasteiger partial charge in [-0.1, -0.05) is 6.92 Å². The van der Waals surface area contributed by atoms with Crippen LogP contribution in [0.4, 0.5) is 0 Å². The first kappa shape index (κ1) is 12.8. The highest BCUT2D eigenvalue weighted by Crippen LogP contribution is 2.26. The van der Waals surface area contributed by atoms with Gasteiger partial charge in [0, 0.05) is 12.0 Å². The van der Waals surface area contributed by atoms with E-state index >= 15 is 0 Å². The number of carbonyl (C=O) groups is 1. The number of esters is 1. The van der Waals surface area contributed by atoms with Crippen molar-refractivity contribution in [1.29, 1.82) is 5.26 Å². The summed E-state index contributed by atoms with van der Waals surface area (Å²) in [6, 6.07) is 8.77. The van der Waals surface area contributed by atoms with Crippen molar-refractivity contribution in [3.8, 4) is 17.4 Å². The molecule has 0 aliphatic rings. The third-order valence-corrected chi connectivity index (χ3v) is 2.63. The lowest BCUT2D eigenvalue weighted by atomic mass is 10.1. The molecule has 1 heterocycles. The molecule has 0 saturated carbocycles. The number of hydrogen-bond acceptors (Lipinski definition) is 5. The SMILES string of the molecule is CCc1nc(C(=O)OC)c(-c2ccc(C#N)cc2)o1. The van der Waals surface area contributed by atoms with Crippen molar-refractivity contribution in [2.45, 2.75) is 13.3 Å². The number of methoxy groups -OCH3 is 1. The fraction of sp³-hybridized carbons (Fsp3) is 0.214. The molecule has 0 radical (unpaired) electrons. The Labute approximate surface area is 110 Å². The van der Waals surface area contributed by atoms with Crippen LogP contribution < -0.4 is 0 Å². The van der Waals surface area contributed by atoms with Crippen LogP contribution in [0.2, 0.25) is 0 Å². The molecule has 1 aromatic carbocycles. The number of hydrogen-bond donors (Lipinski definition) is 0. The summed E-state index contributed by atoms with van der Waals surface area (Å²) in [6.45, 7) is 1.88. The van der Waals surface area contributed by atoms with E-state index < -0.39 is 5.97 Å². The molecule has 0 atom stereocenters. The van der Waals surface area contributed by atoms with Crippen molar-refractivity contribution >= 4 is 5.97 Å². The predicted molar refractivity (Wildman–Crippen MR) is 67.4 cm³/mol. The van der Waals surface area contributed by atoms with E-state index in [1.165, 1.54) is 7.11 Å². The van der Waals surface area contributed by atoms with Gasteiger partial charge in [0.2, 0.25) is 0 Å². The van der Waals surface area contributed by atoms with Gasteiger partial charge in [0.05, 0.1) is 18.7 Å². The van der Waals surface area contributed by atoms with Crippen LogP contribution in [0.25, 0.3) is 11.3 Å². The summed E-state index contributed by atoms with van der Waals surface area (Å²) in [5, 5.41) is 8.76. The van der Waals surface area contributed by atoms with Gasteiger partial charge in [-0.3, -0.25) is 0 Å². The van der Waals surface area contributed by atoms with Gasteiger partial charge in [-0.05, 0) is 24.3 Å². The van der Waals surface area contributed by atoms with E-state index in [4.69, 9.17) is 9.68 Å². The molecule has 1 aromatic heterocycles. The van der Waals surface area contributed by atoms with Crippen LogP contribution in [0.3, 0.4) is 0 Å². The molecule has 0 amide bonds. The summed E-state index contributed by atoms with van der Waals surface area (Å²) in [7, 11) is 1.30. The molecule has 0 spiro atoms. The van der Waals surface area contributed by atoms with Gasteiger partial charge in [0.25, 0.3) is 0 Å². The van der Waals surface area contributed by atoms with Gasteiger partial charge in [0.15, 0.2) is 17.3 Å². The summed E-state index contributed by atoms with van der Waals surface area (Å²) < 4.78 is 10.2. The minimum atomic E-state index is -0.539. The number of aryl methyl sites for hydroxylation is 1. The fourth-order valence-corrected chi connectivity index (χ4v) is 1.64. The van der Waals surface area contributed by atoms with Gasteiger partial charge >= 0.3 is 5.97 Å². The topological polar surface area (TPSA) is 76.1 Å². The molecular formula is C14H12N2O3. The summed E-state index contributed by atoms with van der Waals surface area (Å²) >= 11 is 0. The van der Waals surface area contributed by atoms with E-state index in [0.29, 0.717) is 29.2 Å². The van der Waals surface area contributed by atoms with Crippen molar-refractivity contribution in [2.75, 3.05) is 7.11 Å². The molecule has 5 heteroatoms. The third-order valence-electron chi connectivity index (χ3n) is 2.63. The van der Waals surface area contributed by atoms with Crippen LogP contribution in [0.5, 0.6) is 0 Å². The number of carbonyl (C=O) groups excluding carboxylic acids is 1. The summed E-state index contributed by atoms with van der Waals surface area (Å²) in [5.41, 5.74) is 1.38. The van der Waals surface area contributed by atoms with Crippen LogP contribution in [0.15, 0.2) is 28.7 Å². The number of nitriles is 1. The van der Waals surface area contributed by atoms with E-state index in [2.05, 4.69) is 9.72 Å². The smallest absolute Gasteiger partial charge is 0.360 e. The van der Waals surface area contributed by atoms with Crippen molar-refractivity contribution < 1.29 is 13.9 Å². The van der Waals surface area contributed by atoms with Crippen molar-refractivity contribution in [1.82, 2.24) is 4.98 Å². The van der Waals surface area contributed by atoms with E-state index in [1.54, 1.807) is 24.3 Å². The molecule has 0 aliphatic carbocycles. The summed E-state index contributed by atoms with van der Waals surface area (Å²) in [5.74, 6) is 0.302. The lowest BCUT2D eigenvalue weighted by Gasteiger charge is -1.99. The number of nitrogens with zero attached hydrogens (tertiary/aromatic N) is 2. The maximum absolute atomic E-state index is 11.7. The Morgan fingerprint density at radius 3 is 2.63 bits per heavy atom. The van der Waals surface area contributed by atoms with Gasteiger partial charge in [-0.2, -0.15) is 5.26 Å². The Kier molecular flexibility index (Phi) is 3.62. The zero-order valence-corrected chi connectivity index (χ0v) is 10.6. The molecule has 2 aromatic rings. The van der Waals surface area contributed by atoms with Gasteiger partial charge in [-0.25, -0.2) is 9.78 Å². The lowest BCUT2D eigenvalue weighted by molar-refractivity contribution is 0.0595. The highest BCUT2D eigenvalue weighted by Gasteiger charge is 2.21. The zero-order chi connectivity index (χ0) is 13.8. The zero-order valence-electron chi connectivity index (χ0n) is 10.6. The number of rotatable bonds is 3. The second kappa shape index (κ2) is 5.36. The molecule has 2 rings (SSSR count). The molecule has 0 N–H and O–H groups in total. The molecule has 5 nitrogen and oxygen atoms in total. The average Bonchev–Trinajstić information content (AvgIpc) is 2.90. The third kappa shape index (κ3) is 2.47. The fourth-order valence-electron chi connectivity index (χ4n) is 1.64. The van der Waals surface area contributed by atoms with Crippen molar-refractivity contribution in [3.05, 3.63) is 41.4 Å². The number of benzene rings is 1. The minimum Gasteiger partial charge on any atom is -0.464 e. The Bertz CT molecular complexity index is 636. The van der Waals surface area contributed by atoms with Crippen LogP contribution in [0.1, 0.15) is 28.9 Å². The van der Waals surface area contributed by atoms with Gasteiger partial charge in [0.1, 0.15) is 0 Å². The standard InChI is InChI=1S/C14H12N2O3/c1-3-11-16-12(14(17)18-2)13(19-11)10-6-4-9(8-15)5-7-10/h4-7H,3H2,1-2H3. The Morgan fingerprint density at radius 2 is 2.11 bits per heavy atom. The first-order valence-electron chi connectivity index (χ1n) is 5.78. The van der Waals surface area contributed by atoms with Crippen LogP contribution >= 0.6 is 0 Å². The first-order chi connectivity index (χ1) is 9.19. The molecule has 0 fully saturated rings. The number of oxazole rings is 1. The Balaban J connectivity index is 2.50. The van der Waals surface area contributed by atoms with E-state index in [0.717, 1.165) is 0 Å². The summed E-state index contributed by atoms with van der Waals surface area (Å²) in [4.78, 5) is 15.8. The van der Waals surface area contributed by atoms with E-state index in [9.17, 15) is 4.79 Å². The van der Waals surface area contributed by atoms with Crippen molar-refractivity contribution in [3.63, 3.8) is 0 Å². The molecule has 96 valence electrons.